The molecule has 5 heteroatoms. The minimum absolute atomic E-state index is 0.0594. The summed E-state index contributed by atoms with van der Waals surface area (Å²) in [5.41, 5.74) is 1.96. The van der Waals surface area contributed by atoms with Crippen molar-refractivity contribution in [3.05, 3.63) is 28.7 Å². The Kier molecular flexibility index (Phi) is 3.11. The highest BCUT2D eigenvalue weighted by atomic mass is 16.1. The van der Waals surface area contributed by atoms with E-state index in [1.807, 2.05) is 0 Å². The van der Waals surface area contributed by atoms with E-state index in [2.05, 4.69) is 15.3 Å². The smallest absolute Gasteiger partial charge is 0.323 e. The fourth-order valence-corrected chi connectivity index (χ4v) is 2.80. The van der Waals surface area contributed by atoms with Crippen molar-refractivity contribution in [1.29, 1.82) is 0 Å². The molecular weight excluding hydrogens is 242 g/mol. The summed E-state index contributed by atoms with van der Waals surface area (Å²) in [5, 5.41) is 2.90. The van der Waals surface area contributed by atoms with Gasteiger partial charge in [-0.3, -0.25) is 4.79 Å². The molecule has 0 radical (unpaired) electrons. The van der Waals surface area contributed by atoms with E-state index >= 15 is 0 Å². The summed E-state index contributed by atoms with van der Waals surface area (Å²) in [6, 6.07) is 5.37. The van der Waals surface area contributed by atoms with Crippen LogP contribution in [0.2, 0.25) is 0 Å². The zero-order valence-corrected chi connectivity index (χ0v) is 10.7. The molecule has 3 N–H and O–H groups in total. The number of fused-ring (bicyclic) bond motifs is 1. The first-order valence-corrected chi connectivity index (χ1v) is 6.72. The molecule has 0 saturated heterocycles. The van der Waals surface area contributed by atoms with Crippen LogP contribution >= 0.6 is 0 Å². The lowest BCUT2D eigenvalue weighted by Crippen LogP contribution is -2.15. The fraction of sp³-hybridized carbons (Fsp3) is 0.429. The van der Waals surface area contributed by atoms with Gasteiger partial charge < -0.3 is 15.3 Å². The van der Waals surface area contributed by atoms with E-state index in [-0.39, 0.29) is 11.6 Å². The number of carbonyl (C=O) groups is 1. The standard InChI is InChI=1S/C14H17N3O2/c18-13(7-9-3-1-2-4-9)15-10-5-6-11-12(8-10)17-14(19)16-11/h5-6,8-9H,1-4,7H2,(H,15,18)(H2,16,17,19). The van der Waals surface area contributed by atoms with Crippen molar-refractivity contribution in [3.8, 4) is 0 Å². The van der Waals surface area contributed by atoms with Crippen molar-refractivity contribution in [2.24, 2.45) is 5.92 Å². The van der Waals surface area contributed by atoms with Crippen LogP contribution in [-0.4, -0.2) is 15.9 Å². The van der Waals surface area contributed by atoms with Crippen LogP contribution in [0.5, 0.6) is 0 Å². The summed E-state index contributed by atoms with van der Waals surface area (Å²) in [6.07, 6.45) is 5.42. The molecule has 100 valence electrons. The Balaban J connectivity index is 1.69. The lowest BCUT2D eigenvalue weighted by molar-refractivity contribution is -0.117. The van der Waals surface area contributed by atoms with E-state index in [1.165, 1.54) is 12.8 Å². The average molecular weight is 259 g/mol. The lowest BCUT2D eigenvalue weighted by atomic mass is 10.0. The van der Waals surface area contributed by atoms with Crippen LogP contribution in [0, 0.1) is 5.92 Å². The molecule has 1 fully saturated rings. The number of rotatable bonds is 3. The van der Waals surface area contributed by atoms with E-state index in [0.29, 0.717) is 17.9 Å². The SMILES string of the molecule is O=C(CC1CCCC1)Nc1ccc2[nH]c(=O)[nH]c2c1. The van der Waals surface area contributed by atoms with Gasteiger partial charge in [0.2, 0.25) is 5.91 Å². The molecule has 1 heterocycles. The third-order valence-corrected chi connectivity index (χ3v) is 3.75. The minimum Gasteiger partial charge on any atom is -0.326 e. The highest BCUT2D eigenvalue weighted by molar-refractivity contribution is 5.93. The summed E-state index contributed by atoms with van der Waals surface area (Å²) in [7, 11) is 0. The van der Waals surface area contributed by atoms with Crippen molar-refractivity contribution < 1.29 is 4.79 Å². The van der Waals surface area contributed by atoms with Crippen LogP contribution in [0.3, 0.4) is 0 Å². The number of amides is 1. The minimum atomic E-state index is -0.232. The summed E-state index contributed by atoms with van der Waals surface area (Å²) in [4.78, 5) is 28.4. The molecule has 1 aromatic carbocycles. The zero-order valence-electron chi connectivity index (χ0n) is 10.7. The van der Waals surface area contributed by atoms with E-state index in [9.17, 15) is 9.59 Å². The normalized spacial score (nSPS) is 16.0. The Morgan fingerprint density at radius 1 is 1.21 bits per heavy atom. The first-order valence-electron chi connectivity index (χ1n) is 6.72. The van der Waals surface area contributed by atoms with Gasteiger partial charge in [-0.15, -0.1) is 0 Å². The number of hydrogen-bond donors (Lipinski definition) is 3. The third kappa shape index (κ3) is 2.70. The number of carbonyl (C=O) groups excluding carboxylic acids is 1. The van der Waals surface area contributed by atoms with Gasteiger partial charge in [0.1, 0.15) is 0 Å². The Hall–Kier alpha value is -2.04. The Morgan fingerprint density at radius 2 is 1.95 bits per heavy atom. The van der Waals surface area contributed by atoms with Gasteiger partial charge in [0.25, 0.3) is 0 Å². The molecule has 0 atom stereocenters. The molecule has 0 bridgehead atoms. The van der Waals surface area contributed by atoms with Crippen LogP contribution in [0.15, 0.2) is 23.0 Å². The molecule has 0 aliphatic heterocycles. The number of benzene rings is 1. The lowest BCUT2D eigenvalue weighted by Gasteiger charge is -2.09. The Bertz CT molecular complexity index is 650. The quantitative estimate of drug-likeness (QED) is 0.791. The first kappa shape index (κ1) is 12.0. The van der Waals surface area contributed by atoms with Gasteiger partial charge >= 0.3 is 5.69 Å². The largest absolute Gasteiger partial charge is 0.326 e. The van der Waals surface area contributed by atoms with Crippen LogP contribution in [0.25, 0.3) is 11.0 Å². The molecule has 2 aromatic rings. The highest BCUT2D eigenvalue weighted by Gasteiger charge is 2.18. The number of nitrogens with one attached hydrogen (secondary N) is 3. The van der Waals surface area contributed by atoms with Gasteiger partial charge in [-0.25, -0.2) is 4.79 Å². The van der Waals surface area contributed by atoms with E-state index in [4.69, 9.17) is 0 Å². The van der Waals surface area contributed by atoms with Crippen LogP contribution in [0.1, 0.15) is 32.1 Å². The van der Waals surface area contributed by atoms with E-state index < -0.39 is 0 Å². The van der Waals surface area contributed by atoms with Gasteiger partial charge in [-0.05, 0) is 37.0 Å². The maximum absolute atomic E-state index is 11.9. The second-order valence-electron chi connectivity index (χ2n) is 5.24. The first-order chi connectivity index (χ1) is 9.20. The molecule has 3 rings (SSSR count). The van der Waals surface area contributed by atoms with Gasteiger partial charge in [-0.1, -0.05) is 12.8 Å². The summed E-state index contributed by atoms with van der Waals surface area (Å²) >= 11 is 0. The van der Waals surface area contributed by atoms with Crippen LogP contribution in [0.4, 0.5) is 5.69 Å². The number of aromatic amines is 2. The molecule has 5 nitrogen and oxygen atoms in total. The molecule has 0 spiro atoms. The molecule has 19 heavy (non-hydrogen) atoms. The number of imidazole rings is 1. The summed E-state index contributed by atoms with van der Waals surface area (Å²) in [6.45, 7) is 0. The topological polar surface area (TPSA) is 77.8 Å². The van der Waals surface area contributed by atoms with E-state index in [1.54, 1.807) is 18.2 Å². The van der Waals surface area contributed by atoms with Gasteiger partial charge in [0.15, 0.2) is 0 Å². The predicted octanol–water partition coefficient (Wildman–Crippen LogP) is 2.38. The zero-order chi connectivity index (χ0) is 13.2. The highest BCUT2D eigenvalue weighted by Crippen LogP contribution is 2.27. The van der Waals surface area contributed by atoms with Gasteiger partial charge in [0.05, 0.1) is 11.0 Å². The average Bonchev–Trinajstić information content (AvgIpc) is 2.96. The third-order valence-electron chi connectivity index (χ3n) is 3.75. The second-order valence-corrected chi connectivity index (χ2v) is 5.24. The molecule has 0 unspecified atom stereocenters. The van der Waals surface area contributed by atoms with Gasteiger partial charge in [0, 0.05) is 12.1 Å². The van der Waals surface area contributed by atoms with Crippen LogP contribution in [-0.2, 0) is 4.79 Å². The maximum Gasteiger partial charge on any atom is 0.323 e. The second kappa shape index (κ2) is 4.91. The summed E-state index contributed by atoms with van der Waals surface area (Å²) in [5.74, 6) is 0.597. The van der Waals surface area contributed by atoms with E-state index in [0.717, 1.165) is 24.0 Å². The number of anilines is 1. The number of H-pyrrole nitrogens is 2. The van der Waals surface area contributed by atoms with Crippen molar-refractivity contribution in [2.75, 3.05) is 5.32 Å². The maximum atomic E-state index is 11.9. The Labute approximate surface area is 110 Å². The monoisotopic (exact) mass is 259 g/mol. The fourth-order valence-electron chi connectivity index (χ4n) is 2.80. The molecule has 1 aromatic heterocycles. The Morgan fingerprint density at radius 3 is 2.74 bits per heavy atom. The van der Waals surface area contributed by atoms with Gasteiger partial charge in [-0.2, -0.15) is 0 Å². The predicted molar refractivity (Wildman–Crippen MR) is 74.1 cm³/mol. The van der Waals surface area contributed by atoms with Crippen molar-refractivity contribution >= 4 is 22.6 Å². The van der Waals surface area contributed by atoms with Crippen molar-refractivity contribution in [2.45, 2.75) is 32.1 Å². The molecule has 1 aliphatic rings. The summed E-state index contributed by atoms with van der Waals surface area (Å²) < 4.78 is 0. The molecule has 1 saturated carbocycles. The number of hydrogen-bond acceptors (Lipinski definition) is 2. The molecule has 1 amide bonds. The molecule has 1 aliphatic carbocycles. The van der Waals surface area contributed by atoms with Crippen LogP contribution < -0.4 is 11.0 Å². The number of aromatic nitrogens is 2. The van der Waals surface area contributed by atoms with Crippen molar-refractivity contribution in [1.82, 2.24) is 9.97 Å². The molecular formula is C14H17N3O2. The van der Waals surface area contributed by atoms with Crippen molar-refractivity contribution in [3.63, 3.8) is 0 Å².